The number of ether oxygens (including phenoxy) is 2. The number of rotatable bonds is 5. The second-order valence-corrected chi connectivity index (χ2v) is 4.62. The van der Waals surface area contributed by atoms with Crippen molar-refractivity contribution < 1.29 is 19.4 Å². The van der Waals surface area contributed by atoms with Gasteiger partial charge in [0, 0.05) is 17.8 Å². The average molecular weight is 304 g/mol. The maximum Gasteiger partial charge on any atom is 0.309 e. The molecule has 22 heavy (non-hydrogen) atoms. The molecule has 0 aliphatic carbocycles. The number of aromatic nitrogens is 2. The van der Waals surface area contributed by atoms with Gasteiger partial charge >= 0.3 is 5.97 Å². The minimum Gasteiger partial charge on any atom is -0.497 e. The minimum absolute atomic E-state index is 0.0315. The van der Waals surface area contributed by atoms with E-state index in [1.807, 2.05) is 0 Å². The number of hydrogen-bond acceptors (Lipinski definition) is 5. The second-order valence-electron chi connectivity index (χ2n) is 4.62. The Morgan fingerprint density at radius 1 is 1.27 bits per heavy atom. The van der Waals surface area contributed by atoms with Crippen LogP contribution in [0.25, 0.3) is 5.69 Å². The van der Waals surface area contributed by atoms with Crippen molar-refractivity contribution in [2.45, 2.75) is 13.3 Å². The lowest BCUT2D eigenvalue weighted by Crippen LogP contribution is -2.21. The van der Waals surface area contributed by atoms with Crippen molar-refractivity contribution in [3.05, 3.63) is 45.9 Å². The molecule has 1 heterocycles. The molecule has 0 aliphatic heterocycles. The van der Waals surface area contributed by atoms with Crippen molar-refractivity contribution in [1.29, 1.82) is 0 Å². The molecular formula is C15H16N2O5. The van der Waals surface area contributed by atoms with Crippen LogP contribution >= 0.6 is 0 Å². The highest BCUT2D eigenvalue weighted by Crippen LogP contribution is 2.27. The highest BCUT2D eigenvalue weighted by molar-refractivity contribution is 5.69. The number of aliphatic carboxylic acids is 1. The quantitative estimate of drug-likeness (QED) is 0.892. The van der Waals surface area contributed by atoms with Crippen LogP contribution in [0, 0.1) is 6.92 Å². The number of aryl methyl sites for hydroxylation is 1. The van der Waals surface area contributed by atoms with Gasteiger partial charge in [0.2, 0.25) is 5.43 Å². The molecule has 0 radical (unpaired) electrons. The summed E-state index contributed by atoms with van der Waals surface area (Å²) >= 11 is 0. The number of carbonyl (C=O) groups is 1. The molecule has 1 aromatic heterocycles. The van der Waals surface area contributed by atoms with Crippen LogP contribution in [0.3, 0.4) is 0 Å². The largest absolute Gasteiger partial charge is 0.497 e. The number of nitrogens with zero attached hydrogens (tertiary/aromatic N) is 2. The zero-order valence-corrected chi connectivity index (χ0v) is 12.5. The van der Waals surface area contributed by atoms with Gasteiger partial charge in [-0.1, -0.05) is 0 Å². The van der Waals surface area contributed by atoms with Crippen LogP contribution in [0.5, 0.6) is 11.5 Å². The van der Waals surface area contributed by atoms with E-state index in [9.17, 15) is 9.59 Å². The Morgan fingerprint density at radius 2 is 2.00 bits per heavy atom. The van der Waals surface area contributed by atoms with E-state index in [2.05, 4.69) is 5.10 Å². The first-order valence-electron chi connectivity index (χ1n) is 6.50. The van der Waals surface area contributed by atoms with Crippen LogP contribution in [0.2, 0.25) is 0 Å². The monoisotopic (exact) mass is 304 g/mol. The molecule has 2 aromatic rings. The molecule has 0 saturated carbocycles. The van der Waals surface area contributed by atoms with Gasteiger partial charge in [0.25, 0.3) is 0 Å². The van der Waals surface area contributed by atoms with E-state index in [1.165, 1.54) is 17.9 Å². The van der Waals surface area contributed by atoms with E-state index in [1.54, 1.807) is 32.2 Å². The van der Waals surface area contributed by atoms with Crippen molar-refractivity contribution in [3.63, 3.8) is 0 Å². The smallest absolute Gasteiger partial charge is 0.309 e. The zero-order chi connectivity index (χ0) is 16.3. The first-order chi connectivity index (χ1) is 10.5. The molecule has 0 fully saturated rings. The van der Waals surface area contributed by atoms with Crippen LogP contribution in [-0.2, 0) is 11.2 Å². The summed E-state index contributed by atoms with van der Waals surface area (Å²) in [6.45, 7) is 1.71. The Balaban J connectivity index is 2.61. The topological polar surface area (TPSA) is 90.7 Å². The van der Waals surface area contributed by atoms with Gasteiger partial charge in [-0.25, -0.2) is 4.68 Å². The molecular weight excluding hydrogens is 288 g/mol. The Labute approximate surface area is 126 Å². The van der Waals surface area contributed by atoms with Crippen LogP contribution in [0.15, 0.2) is 29.1 Å². The summed E-state index contributed by atoms with van der Waals surface area (Å²) in [5, 5.41) is 13.0. The van der Waals surface area contributed by atoms with Crippen molar-refractivity contribution >= 4 is 5.97 Å². The number of hydrogen-bond donors (Lipinski definition) is 1. The van der Waals surface area contributed by atoms with Crippen molar-refractivity contribution in [1.82, 2.24) is 9.78 Å². The lowest BCUT2D eigenvalue weighted by atomic mass is 10.2. The van der Waals surface area contributed by atoms with E-state index in [0.29, 0.717) is 22.9 Å². The predicted molar refractivity (Wildman–Crippen MR) is 79.0 cm³/mol. The summed E-state index contributed by atoms with van der Waals surface area (Å²) in [6, 6.07) is 6.50. The summed E-state index contributed by atoms with van der Waals surface area (Å²) in [5.74, 6) is 0.00614. The normalized spacial score (nSPS) is 10.3. The summed E-state index contributed by atoms with van der Waals surface area (Å²) in [7, 11) is 3.05. The number of benzene rings is 1. The fraction of sp³-hybridized carbons (Fsp3) is 0.267. The van der Waals surface area contributed by atoms with E-state index < -0.39 is 17.8 Å². The number of carboxylic acids is 1. The third kappa shape index (κ3) is 3.08. The summed E-state index contributed by atoms with van der Waals surface area (Å²) < 4.78 is 11.9. The van der Waals surface area contributed by atoms with Gasteiger partial charge < -0.3 is 14.6 Å². The third-order valence-electron chi connectivity index (χ3n) is 3.11. The number of carboxylic acid groups (broad SMARTS) is 1. The predicted octanol–water partition coefficient (Wildman–Crippen LogP) is 1.19. The SMILES string of the molecule is COc1ccc(-n2nc(CC(=O)O)c(=O)cc2C)c(OC)c1. The van der Waals surface area contributed by atoms with Crippen LogP contribution in [0.1, 0.15) is 11.4 Å². The van der Waals surface area contributed by atoms with Gasteiger partial charge in [-0.15, -0.1) is 0 Å². The summed E-state index contributed by atoms with van der Waals surface area (Å²) in [4.78, 5) is 22.7. The Kier molecular flexibility index (Phi) is 4.45. The van der Waals surface area contributed by atoms with Gasteiger partial charge in [-0.05, 0) is 19.1 Å². The van der Waals surface area contributed by atoms with Gasteiger partial charge in [0.15, 0.2) is 0 Å². The van der Waals surface area contributed by atoms with Crippen molar-refractivity contribution in [2.24, 2.45) is 0 Å². The molecule has 0 aliphatic rings. The number of methoxy groups -OCH3 is 2. The Bertz CT molecular complexity index is 767. The van der Waals surface area contributed by atoms with Crippen LogP contribution < -0.4 is 14.9 Å². The molecule has 1 aromatic carbocycles. The van der Waals surface area contributed by atoms with Gasteiger partial charge in [-0.2, -0.15) is 5.10 Å². The average Bonchev–Trinajstić information content (AvgIpc) is 2.49. The highest BCUT2D eigenvalue weighted by Gasteiger charge is 2.14. The fourth-order valence-electron chi connectivity index (χ4n) is 2.05. The maximum atomic E-state index is 11.8. The van der Waals surface area contributed by atoms with Gasteiger partial charge in [0.05, 0.1) is 20.6 Å². The molecule has 0 spiro atoms. The van der Waals surface area contributed by atoms with Crippen LogP contribution in [0.4, 0.5) is 0 Å². The fourth-order valence-corrected chi connectivity index (χ4v) is 2.05. The first-order valence-corrected chi connectivity index (χ1v) is 6.50. The lowest BCUT2D eigenvalue weighted by Gasteiger charge is -2.15. The highest BCUT2D eigenvalue weighted by atomic mass is 16.5. The summed E-state index contributed by atoms with van der Waals surface area (Å²) in [6.07, 6.45) is -0.433. The minimum atomic E-state index is -1.11. The van der Waals surface area contributed by atoms with Crippen molar-refractivity contribution in [3.8, 4) is 17.2 Å². The second kappa shape index (κ2) is 6.30. The van der Waals surface area contributed by atoms with Gasteiger partial charge in [0.1, 0.15) is 22.9 Å². The maximum absolute atomic E-state index is 11.8. The van der Waals surface area contributed by atoms with Crippen LogP contribution in [-0.4, -0.2) is 35.1 Å². The Morgan fingerprint density at radius 3 is 2.59 bits per heavy atom. The van der Waals surface area contributed by atoms with E-state index in [0.717, 1.165) is 0 Å². The Hall–Kier alpha value is -2.83. The molecule has 7 heteroatoms. The summed E-state index contributed by atoms with van der Waals surface area (Å²) in [5.41, 5.74) is 0.731. The van der Waals surface area contributed by atoms with E-state index in [-0.39, 0.29) is 5.69 Å². The lowest BCUT2D eigenvalue weighted by molar-refractivity contribution is -0.136. The molecule has 2 rings (SSSR count). The molecule has 0 atom stereocenters. The molecule has 116 valence electrons. The molecule has 0 unspecified atom stereocenters. The van der Waals surface area contributed by atoms with Gasteiger partial charge in [-0.3, -0.25) is 9.59 Å². The van der Waals surface area contributed by atoms with E-state index >= 15 is 0 Å². The van der Waals surface area contributed by atoms with Crippen molar-refractivity contribution in [2.75, 3.05) is 14.2 Å². The zero-order valence-electron chi connectivity index (χ0n) is 12.5. The van der Waals surface area contributed by atoms with E-state index in [4.69, 9.17) is 14.6 Å². The molecule has 0 saturated heterocycles. The third-order valence-corrected chi connectivity index (χ3v) is 3.11. The first kappa shape index (κ1) is 15.6. The molecule has 0 bridgehead atoms. The molecule has 0 amide bonds. The molecule has 1 N–H and O–H groups in total. The standard InChI is InChI=1S/C15H16N2O5/c1-9-6-13(18)11(8-15(19)20)16-17(9)12-5-4-10(21-2)7-14(12)22-3/h4-7H,8H2,1-3H3,(H,19,20). The molecule has 7 nitrogen and oxygen atoms in total.